The van der Waals surface area contributed by atoms with Gasteiger partial charge in [-0.25, -0.2) is 9.78 Å². The zero-order valence-electron chi connectivity index (χ0n) is 15.0. The van der Waals surface area contributed by atoms with Crippen LogP contribution in [0.1, 0.15) is 15.9 Å². The lowest BCUT2D eigenvalue weighted by molar-refractivity contribution is 0.0602. The summed E-state index contributed by atoms with van der Waals surface area (Å²) in [7, 11) is 1.37. The molecule has 4 aromatic rings. The maximum Gasteiger partial charge on any atom is 0.339 e. The largest absolute Gasteiger partial charge is 0.465 e. The maximum absolute atomic E-state index is 12.1. The number of anilines is 2. The van der Waals surface area contributed by atoms with Crippen LogP contribution in [-0.4, -0.2) is 27.4 Å². The monoisotopic (exact) mass is 358 g/mol. The van der Waals surface area contributed by atoms with Crippen molar-refractivity contribution in [2.45, 2.75) is 6.92 Å². The normalized spacial score (nSPS) is 10.7. The molecule has 6 heteroatoms. The Morgan fingerprint density at radius 1 is 1.11 bits per heavy atom. The van der Waals surface area contributed by atoms with Gasteiger partial charge in [-0.3, -0.25) is 9.38 Å². The Hall–Kier alpha value is -3.67. The number of benzene rings is 2. The van der Waals surface area contributed by atoms with E-state index in [0.29, 0.717) is 16.9 Å². The van der Waals surface area contributed by atoms with E-state index in [1.54, 1.807) is 24.5 Å². The number of aryl methyl sites for hydroxylation is 1. The quantitative estimate of drug-likeness (QED) is 0.553. The number of nitrogens with one attached hydrogen (secondary N) is 1. The second-order valence-electron chi connectivity index (χ2n) is 6.14. The molecule has 0 atom stereocenters. The Morgan fingerprint density at radius 2 is 1.89 bits per heavy atom. The first kappa shape index (κ1) is 16.8. The molecule has 0 unspecified atom stereocenters. The highest BCUT2D eigenvalue weighted by atomic mass is 16.5. The Balaban J connectivity index is 1.88. The number of carbonyl (C=O) groups is 1. The van der Waals surface area contributed by atoms with E-state index in [1.165, 1.54) is 12.7 Å². The number of hydrogen-bond acceptors (Lipinski definition) is 5. The molecule has 134 valence electrons. The van der Waals surface area contributed by atoms with E-state index in [2.05, 4.69) is 10.3 Å². The molecule has 27 heavy (non-hydrogen) atoms. The van der Waals surface area contributed by atoms with Crippen LogP contribution in [0.25, 0.3) is 16.9 Å². The van der Waals surface area contributed by atoms with Gasteiger partial charge in [0.15, 0.2) is 5.65 Å². The third kappa shape index (κ3) is 3.13. The molecule has 1 N–H and O–H groups in total. The van der Waals surface area contributed by atoms with Gasteiger partial charge in [0.2, 0.25) is 0 Å². The van der Waals surface area contributed by atoms with Crippen molar-refractivity contribution in [2.75, 3.05) is 12.4 Å². The summed E-state index contributed by atoms with van der Waals surface area (Å²) in [6.45, 7) is 2.04. The molecule has 0 saturated heterocycles. The van der Waals surface area contributed by atoms with Crippen LogP contribution in [0.5, 0.6) is 0 Å². The minimum atomic E-state index is -0.398. The number of fused-ring (bicyclic) bond motifs is 1. The van der Waals surface area contributed by atoms with E-state index in [0.717, 1.165) is 17.1 Å². The predicted octanol–water partition coefficient (Wildman–Crippen LogP) is 4.23. The minimum Gasteiger partial charge on any atom is -0.465 e. The van der Waals surface area contributed by atoms with E-state index >= 15 is 0 Å². The van der Waals surface area contributed by atoms with E-state index in [1.807, 2.05) is 53.9 Å². The van der Waals surface area contributed by atoms with Gasteiger partial charge in [-0.05, 0) is 19.1 Å². The minimum absolute atomic E-state index is 0.398. The number of imidazole rings is 1. The first-order valence-corrected chi connectivity index (χ1v) is 8.51. The van der Waals surface area contributed by atoms with Crippen molar-refractivity contribution in [3.8, 4) is 11.3 Å². The molecule has 0 aliphatic carbocycles. The number of ether oxygens (including phenoxy) is 1. The van der Waals surface area contributed by atoms with Crippen molar-refractivity contribution in [2.24, 2.45) is 0 Å². The van der Waals surface area contributed by atoms with E-state index < -0.39 is 5.97 Å². The third-order valence-corrected chi connectivity index (χ3v) is 4.34. The molecule has 6 nitrogen and oxygen atoms in total. The first-order chi connectivity index (χ1) is 13.2. The topological polar surface area (TPSA) is 68.5 Å². The van der Waals surface area contributed by atoms with Gasteiger partial charge in [0.05, 0.1) is 24.6 Å². The number of esters is 1. The number of methoxy groups -OCH3 is 1. The number of hydrogen-bond donors (Lipinski definition) is 1. The van der Waals surface area contributed by atoms with E-state index in [9.17, 15) is 4.79 Å². The molecule has 2 aromatic heterocycles. The molecule has 2 aromatic carbocycles. The molecule has 0 aliphatic heterocycles. The summed E-state index contributed by atoms with van der Waals surface area (Å²) in [5, 5.41) is 3.36. The third-order valence-electron chi connectivity index (χ3n) is 4.34. The summed E-state index contributed by atoms with van der Waals surface area (Å²) in [4.78, 5) is 21.0. The molecule has 0 spiro atoms. The van der Waals surface area contributed by atoms with Crippen molar-refractivity contribution in [1.29, 1.82) is 0 Å². The van der Waals surface area contributed by atoms with E-state index in [-0.39, 0.29) is 0 Å². The summed E-state index contributed by atoms with van der Waals surface area (Å²) < 4.78 is 6.81. The highest BCUT2D eigenvalue weighted by molar-refractivity contribution is 5.97. The molecule has 4 rings (SSSR count). The summed E-state index contributed by atoms with van der Waals surface area (Å²) >= 11 is 0. The van der Waals surface area contributed by atoms with Gasteiger partial charge >= 0.3 is 5.97 Å². The van der Waals surface area contributed by atoms with Crippen LogP contribution in [0.4, 0.5) is 11.5 Å². The van der Waals surface area contributed by atoms with Crippen molar-refractivity contribution in [1.82, 2.24) is 14.4 Å². The van der Waals surface area contributed by atoms with Crippen LogP contribution < -0.4 is 5.32 Å². The van der Waals surface area contributed by atoms with Gasteiger partial charge in [0, 0.05) is 18.0 Å². The second-order valence-corrected chi connectivity index (χ2v) is 6.14. The van der Waals surface area contributed by atoms with Crippen LogP contribution in [-0.2, 0) is 4.74 Å². The SMILES string of the molecule is COC(=O)c1ccccc1Nc1c(-c2ccc(C)cc2)nc2cnccn12. The molecule has 0 aliphatic rings. The maximum atomic E-state index is 12.1. The molecular formula is C21H18N4O2. The van der Waals surface area contributed by atoms with Gasteiger partial charge in [0.25, 0.3) is 0 Å². The first-order valence-electron chi connectivity index (χ1n) is 8.51. The Labute approximate surface area is 156 Å². The van der Waals surface area contributed by atoms with Gasteiger partial charge in [0.1, 0.15) is 11.5 Å². The molecule has 0 fully saturated rings. The standard InChI is InChI=1S/C21H18N4O2/c1-14-7-9-15(10-8-14)19-20(25-12-11-22-13-18(25)24-19)23-17-6-4-3-5-16(17)21(26)27-2/h3-13,23H,1-2H3. The van der Waals surface area contributed by atoms with Gasteiger partial charge in [-0.2, -0.15) is 0 Å². The summed E-state index contributed by atoms with van der Waals surface area (Å²) in [6.07, 6.45) is 5.24. The lowest BCUT2D eigenvalue weighted by Crippen LogP contribution is -2.06. The van der Waals surface area contributed by atoms with Crippen molar-refractivity contribution in [3.05, 3.63) is 78.2 Å². The van der Waals surface area contributed by atoms with E-state index in [4.69, 9.17) is 9.72 Å². The van der Waals surface area contributed by atoms with Gasteiger partial charge < -0.3 is 10.1 Å². The molecule has 2 heterocycles. The smallest absolute Gasteiger partial charge is 0.339 e. The second kappa shape index (κ2) is 6.92. The number of carbonyl (C=O) groups excluding carboxylic acids is 1. The number of aromatic nitrogens is 3. The average molecular weight is 358 g/mol. The molecule has 0 amide bonds. The highest BCUT2D eigenvalue weighted by Crippen LogP contribution is 2.32. The van der Waals surface area contributed by atoms with Crippen LogP contribution in [0.15, 0.2) is 67.1 Å². The lowest BCUT2D eigenvalue weighted by atomic mass is 10.1. The zero-order chi connectivity index (χ0) is 18.8. The van der Waals surface area contributed by atoms with Gasteiger partial charge in [-0.1, -0.05) is 42.0 Å². The summed E-state index contributed by atoms with van der Waals surface area (Å²) in [6, 6.07) is 15.4. The van der Waals surface area contributed by atoms with Crippen molar-refractivity contribution in [3.63, 3.8) is 0 Å². The number of nitrogens with zero attached hydrogens (tertiary/aromatic N) is 3. The molecule has 0 radical (unpaired) electrons. The van der Waals surface area contributed by atoms with Gasteiger partial charge in [-0.15, -0.1) is 0 Å². The fraction of sp³-hybridized carbons (Fsp3) is 0.0952. The highest BCUT2D eigenvalue weighted by Gasteiger charge is 2.17. The van der Waals surface area contributed by atoms with Crippen LogP contribution in [0.3, 0.4) is 0 Å². The molecular weight excluding hydrogens is 340 g/mol. The summed E-state index contributed by atoms with van der Waals surface area (Å²) in [5.74, 6) is 0.359. The van der Waals surface area contributed by atoms with Crippen molar-refractivity contribution < 1.29 is 9.53 Å². The summed E-state index contributed by atoms with van der Waals surface area (Å²) in [5.41, 5.74) is 4.75. The number of para-hydroxylation sites is 1. The predicted molar refractivity (Wildman–Crippen MR) is 104 cm³/mol. The average Bonchev–Trinajstić information content (AvgIpc) is 3.07. The fourth-order valence-electron chi connectivity index (χ4n) is 2.95. The van der Waals surface area contributed by atoms with Crippen LogP contribution >= 0.6 is 0 Å². The Morgan fingerprint density at radius 3 is 2.67 bits per heavy atom. The molecule has 0 bridgehead atoms. The lowest BCUT2D eigenvalue weighted by Gasteiger charge is -2.12. The molecule has 0 saturated carbocycles. The number of rotatable bonds is 4. The fourth-order valence-corrected chi connectivity index (χ4v) is 2.95. The Kier molecular flexibility index (Phi) is 4.30. The van der Waals surface area contributed by atoms with Crippen molar-refractivity contribution >= 4 is 23.1 Å². The van der Waals surface area contributed by atoms with Crippen LogP contribution in [0, 0.1) is 6.92 Å². The van der Waals surface area contributed by atoms with Crippen LogP contribution in [0.2, 0.25) is 0 Å². The Bertz CT molecular complexity index is 1120. The zero-order valence-corrected chi connectivity index (χ0v) is 15.0.